The molecule has 1 amide bonds. The summed E-state index contributed by atoms with van der Waals surface area (Å²) in [6, 6.07) is 10.5. The maximum atomic E-state index is 13.6. The molecule has 0 spiro atoms. The standard InChI is InChI=1S/C22H21FN2O5/c1-13-7-8-14(9-17(13)23)21(27)30-12-20(26)25-19(22(28)29-2)10-15-11-24-18-6-4-3-5-16(15)18/h3-9,11,19,24H,10,12H2,1-2H3,(H,25,26)/t19-/m1/s1. The van der Waals surface area contributed by atoms with E-state index in [-0.39, 0.29) is 12.0 Å². The number of esters is 2. The van der Waals surface area contributed by atoms with E-state index in [4.69, 9.17) is 9.47 Å². The second kappa shape index (κ2) is 9.21. The smallest absolute Gasteiger partial charge is 0.338 e. The van der Waals surface area contributed by atoms with Gasteiger partial charge in [-0.15, -0.1) is 0 Å². The molecule has 0 unspecified atom stereocenters. The number of H-pyrrole nitrogens is 1. The number of halogens is 1. The number of fused-ring (bicyclic) bond motifs is 1. The van der Waals surface area contributed by atoms with Gasteiger partial charge in [-0.3, -0.25) is 4.79 Å². The zero-order valence-corrected chi connectivity index (χ0v) is 16.5. The molecular formula is C22H21FN2O5. The van der Waals surface area contributed by atoms with Crippen LogP contribution in [0.4, 0.5) is 4.39 Å². The van der Waals surface area contributed by atoms with E-state index in [2.05, 4.69) is 10.3 Å². The Labute approximate surface area is 172 Å². The number of aromatic amines is 1. The molecule has 1 heterocycles. The fraction of sp³-hybridized carbons (Fsp3) is 0.227. The lowest BCUT2D eigenvalue weighted by atomic mass is 10.0. The van der Waals surface area contributed by atoms with Crippen LogP contribution in [-0.4, -0.2) is 42.6 Å². The van der Waals surface area contributed by atoms with Crippen molar-refractivity contribution in [2.24, 2.45) is 0 Å². The highest BCUT2D eigenvalue weighted by Crippen LogP contribution is 2.19. The first kappa shape index (κ1) is 21.0. The summed E-state index contributed by atoms with van der Waals surface area (Å²) in [5.41, 5.74) is 2.12. The van der Waals surface area contributed by atoms with Crippen LogP contribution >= 0.6 is 0 Å². The Hall–Kier alpha value is -3.68. The molecule has 0 radical (unpaired) electrons. The highest BCUT2D eigenvalue weighted by atomic mass is 19.1. The van der Waals surface area contributed by atoms with Gasteiger partial charge in [0.1, 0.15) is 11.9 Å². The Balaban J connectivity index is 1.63. The maximum absolute atomic E-state index is 13.6. The number of hydrogen-bond donors (Lipinski definition) is 2. The number of amides is 1. The van der Waals surface area contributed by atoms with Crippen molar-refractivity contribution in [3.05, 3.63) is 71.2 Å². The van der Waals surface area contributed by atoms with Gasteiger partial charge in [-0.2, -0.15) is 0 Å². The number of benzene rings is 2. The fourth-order valence-electron chi connectivity index (χ4n) is 3.03. The van der Waals surface area contributed by atoms with Crippen LogP contribution in [0.15, 0.2) is 48.7 Å². The summed E-state index contributed by atoms with van der Waals surface area (Å²) in [6.45, 7) is 0.953. The molecule has 3 rings (SSSR count). The number of methoxy groups -OCH3 is 1. The lowest BCUT2D eigenvalue weighted by molar-refractivity contribution is -0.145. The minimum Gasteiger partial charge on any atom is -0.467 e. The van der Waals surface area contributed by atoms with Crippen LogP contribution in [0.5, 0.6) is 0 Å². The zero-order chi connectivity index (χ0) is 21.7. The molecule has 0 bridgehead atoms. The highest BCUT2D eigenvalue weighted by molar-refractivity contribution is 5.92. The van der Waals surface area contributed by atoms with Crippen molar-refractivity contribution in [2.75, 3.05) is 13.7 Å². The normalized spacial score (nSPS) is 11.7. The molecule has 3 aromatic rings. The zero-order valence-electron chi connectivity index (χ0n) is 16.5. The van der Waals surface area contributed by atoms with Gasteiger partial charge in [-0.25, -0.2) is 14.0 Å². The number of rotatable bonds is 7. The van der Waals surface area contributed by atoms with E-state index in [1.807, 2.05) is 24.3 Å². The van der Waals surface area contributed by atoms with E-state index < -0.39 is 36.3 Å². The van der Waals surface area contributed by atoms with Gasteiger partial charge in [0.05, 0.1) is 12.7 Å². The van der Waals surface area contributed by atoms with Crippen LogP contribution in [0.25, 0.3) is 10.9 Å². The highest BCUT2D eigenvalue weighted by Gasteiger charge is 2.24. The molecule has 2 aromatic carbocycles. The molecule has 8 heteroatoms. The van der Waals surface area contributed by atoms with E-state index in [9.17, 15) is 18.8 Å². The van der Waals surface area contributed by atoms with Crippen molar-refractivity contribution in [3.63, 3.8) is 0 Å². The SMILES string of the molecule is COC(=O)[C@@H](Cc1c[nH]c2ccccc12)NC(=O)COC(=O)c1ccc(C)c(F)c1. The summed E-state index contributed by atoms with van der Waals surface area (Å²) < 4.78 is 23.3. The Morgan fingerprint density at radius 1 is 1.17 bits per heavy atom. The molecule has 0 saturated heterocycles. The van der Waals surface area contributed by atoms with E-state index in [1.54, 1.807) is 13.1 Å². The van der Waals surface area contributed by atoms with Gasteiger partial charge in [0.2, 0.25) is 0 Å². The minimum atomic E-state index is -0.961. The van der Waals surface area contributed by atoms with E-state index in [0.717, 1.165) is 22.5 Å². The molecule has 0 aliphatic heterocycles. The van der Waals surface area contributed by atoms with E-state index in [0.29, 0.717) is 5.56 Å². The number of aromatic nitrogens is 1. The van der Waals surface area contributed by atoms with Gasteiger partial charge in [0.25, 0.3) is 5.91 Å². The molecule has 30 heavy (non-hydrogen) atoms. The average Bonchev–Trinajstić information content (AvgIpc) is 3.15. The quantitative estimate of drug-likeness (QED) is 0.582. The summed E-state index contributed by atoms with van der Waals surface area (Å²) in [6.07, 6.45) is 1.96. The minimum absolute atomic E-state index is 0.00536. The van der Waals surface area contributed by atoms with Crippen molar-refractivity contribution in [1.82, 2.24) is 10.3 Å². The third kappa shape index (κ3) is 4.83. The summed E-state index contributed by atoms with van der Waals surface area (Å²) in [5.74, 6) is -2.68. The van der Waals surface area contributed by atoms with Crippen LogP contribution in [0.3, 0.4) is 0 Å². The molecule has 0 fully saturated rings. The van der Waals surface area contributed by atoms with Crippen LogP contribution in [-0.2, 0) is 25.5 Å². The largest absolute Gasteiger partial charge is 0.467 e. The van der Waals surface area contributed by atoms with Gasteiger partial charge < -0.3 is 19.8 Å². The fourth-order valence-corrected chi connectivity index (χ4v) is 3.03. The first-order valence-electron chi connectivity index (χ1n) is 9.24. The summed E-state index contributed by atoms with van der Waals surface area (Å²) >= 11 is 0. The molecule has 2 N–H and O–H groups in total. The van der Waals surface area contributed by atoms with Crippen molar-refractivity contribution >= 4 is 28.7 Å². The van der Waals surface area contributed by atoms with Crippen molar-refractivity contribution < 1.29 is 28.2 Å². The van der Waals surface area contributed by atoms with Crippen LogP contribution in [0, 0.1) is 12.7 Å². The predicted molar refractivity (Wildman–Crippen MR) is 107 cm³/mol. The van der Waals surface area contributed by atoms with Crippen molar-refractivity contribution in [1.29, 1.82) is 0 Å². The molecule has 0 aliphatic carbocycles. The lowest BCUT2D eigenvalue weighted by Gasteiger charge is -2.16. The van der Waals surface area contributed by atoms with Gasteiger partial charge in [0.15, 0.2) is 6.61 Å². The Morgan fingerprint density at radius 3 is 2.67 bits per heavy atom. The van der Waals surface area contributed by atoms with Gasteiger partial charge in [-0.05, 0) is 36.2 Å². The lowest BCUT2D eigenvalue weighted by Crippen LogP contribution is -2.44. The van der Waals surface area contributed by atoms with Crippen molar-refractivity contribution in [3.8, 4) is 0 Å². The monoisotopic (exact) mass is 412 g/mol. The van der Waals surface area contributed by atoms with Crippen molar-refractivity contribution in [2.45, 2.75) is 19.4 Å². The third-order valence-corrected chi connectivity index (χ3v) is 4.66. The molecule has 156 valence electrons. The third-order valence-electron chi connectivity index (χ3n) is 4.66. The summed E-state index contributed by atoms with van der Waals surface area (Å²) in [7, 11) is 1.22. The number of nitrogens with one attached hydrogen (secondary N) is 2. The Kier molecular flexibility index (Phi) is 6.46. The first-order valence-corrected chi connectivity index (χ1v) is 9.24. The van der Waals surface area contributed by atoms with Crippen LogP contribution in [0.1, 0.15) is 21.5 Å². The van der Waals surface area contributed by atoms with Gasteiger partial charge in [-0.1, -0.05) is 24.3 Å². The molecule has 1 atom stereocenters. The number of hydrogen-bond acceptors (Lipinski definition) is 5. The molecule has 1 aromatic heterocycles. The first-order chi connectivity index (χ1) is 14.4. The molecule has 0 aliphatic rings. The van der Waals surface area contributed by atoms with Gasteiger partial charge in [0, 0.05) is 23.5 Å². The number of aryl methyl sites for hydroxylation is 1. The molecular weight excluding hydrogens is 391 g/mol. The molecule has 0 saturated carbocycles. The number of carbonyl (C=O) groups is 3. The number of ether oxygens (including phenoxy) is 2. The maximum Gasteiger partial charge on any atom is 0.338 e. The average molecular weight is 412 g/mol. The van der Waals surface area contributed by atoms with E-state index in [1.165, 1.54) is 19.2 Å². The molecule has 7 nitrogen and oxygen atoms in total. The Morgan fingerprint density at radius 2 is 1.93 bits per heavy atom. The summed E-state index contributed by atoms with van der Waals surface area (Å²) in [5, 5.41) is 3.44. The second-order valence-corrected chi connectivity index (χ2v) is 6.75. The topological polar surface area (TPSA) is 97.5 Å². The van der Waals surface area contributed by atoms with Gasteiger partial charge >= 0.3 is 11.9 Å². The Bertz CT molecular complexity index is 1090. The second-order valence-electron chi connectivity index (χ2n) is 6.75. The number of para-hydroxylation sites is 1. The number of carbonyl (C=O) groups excluding carboxylic acids is 3. The van der Waals surface area contributed by atoms with E-state index >= 15 is 0 Å². The van der Waals surface area contributed by atoms with Crippen LogP contribution in [0.2, 0.25) is 0 Å². The predicted octanol–water partition coefficient (Wildman–Crippen LogP) is 2.67. The summed E-state index contributed by atoms with van der Waals surface area (Å²) in [4.78, 5) is 39.5. The van der Waals surface area contributed by atoms with Crippen LogP contribution < -0.4 is 5.32 Å².